The summed E-state index contributed by atoms with van der Waals surface area (Å²) in [6, 6.07) is 0. The van der Waals surface area contributed by atoms with Crippen LogP contribution in [0.5, 0.6) is 0 Å². The second-order valence-electron chi connectivity index (χ2n) is 4.42. The average Bonchev–Trinajstić information content (AvgIpc) is 2.90. The highest BCUT2D eigenvalue weighted by Crippen LogP contribution is 2.21. The summed E-state index contributed by atoms with van der Waals surface area (Å²) >= 11 is 0. The minimum atomic E-state index is 0.106. The Bertz CT molecular complexity index is 437. The van der Waals surface area contributed by atoms with Gasteiger partial charge in [-0.05, 0) is 26.2 Å². The summed E-state index contributed by atoms with van der Waals surface area (Å²) in [4.78, 5) is 17.6. The Hall–Kier alpha value is -1.65. The van der Waals surface area contributed by atoms with Crippen molar-refractivity contribution < 1.29 is 9.32 Å². The van der Waals surface area contributed by atoms with Gasteiger partial charge in [0.2, 0.25) is 11.8 Å². The fraction of sp³-hybridized carbons (Fsp3) is 0.583. The van der Waals surface area contributed by atoms with Crippen molar-refractivity contribution in [2.45, 2.75) is 39.2 Å². The number of carbonyl (C=O) groups excluding carboxylic acids is 1. The van der Waals surface area contributed by atoms with Crippen molar-refractivity contribution in [2.24, 2.45) is 0 Å². The molecule has 1 aliphatic carbocycles. The zero-order valence-corrected chi connectivity index (χ0v) is 10.3. The first-order valence-corrected chi connectivity index (χ1v) is 5.86. The van der Waals surface area contributed by atoms with Crippen molar-refractivity contribution in [1.29, 1.82) is 0 Å². The summed E-state index contributed by atoms with van der Waals surface area (Å²) in [6.45, 7) is 2.14. The van der Waals surface area contributed by atoms with Gasteiger partial charge in [0.1, 0.15) is 0 Å². The van der Waals surface area contributed by atoms with Gasteiger partial charge in [0.15, 0.2) is 5.82 Å². The average molecular weight is 235 g/mol. The lowest BCUT2D eigenvalue weighted by molar-refractivity contribution is -0.130. The van der Waals surface area contributed by atoms with Gasteiger partial charge in [-0.2, -0.15) is 4.98 Å². The van der Waals surface area contributed by atoms with Crippen LogP contribution in [0.3, 0.4) is 0 Å². The molecule has 1 heterocycles. The minimum absolute atomic E-state index is 0.106. The molecule has 0 bridgehead atoms. The molecule has 0 aromatic carbocycles. The third-order valence-electron chi connectivity index (χ3n) is 2.88. The van der Waals surface area contributed by atoms with E-state index in [9.17, 15) is 4.79 Å². The molecule has 1 aromatic heterocycles. The molecular weight excluding hydrogens is 218 g/mol. The van der Waals surface area contributed by atoms with Crippen molar-refractivity contribution in [3.63, 3.8) is 0 Å². The topological polar surface area (TPSA) is 59.2 Å². The highest BCUT2D eigenvalue weighted by Gasteiger charge is 2.15. The van der Waals surface area contributed by atoms with Gasteiger partial charge >= 0.3 is 0 Å². The van der Waals surface area contributed by atoms with Crippen LogP contribution in [0.4, 0.5) is 0 Å². The maximum Gasteiger partial charge on any atom is 0.246 e. The zero-order valence-electron chi connectivity index (χ0n) is 10.3. The van der Waals surface area contributed by atoms with E-state index in [0.717, 1.165) is 12.8 Å². The third-order valence-corrected chi connectivity index (χ3v) is 2.88. The number of hydrogen-bond donors (Lipinski definition) is 0. The maximum absolute atomic E-state index is 11.9. The molecule has 92 valence electrons. The number of carbonyl (C=O) groups is 1. The molecule has 0 spiro atoms. The molecule has 5 nitrogen and oxygen atoms in total. The molecule has 1 aromatic rings. The zero-order chi connectivity index (χ0) is 12.3. The standard InChI is InChI=1S/C12H17N3O2/c1-9-13-11(17-14-9)8-15(2)12(16)7-10-5-3-4-6-10/h5H,3-4,6-8H2,1-2H3. The van der Waals surface area contributed by atoms with Gasteiger partial charge in [-0.15, -0.1) is 0 Å². The van der Waals surface area contributed by atoms with Gasteiger partial charge in [0.25, 0.3) is 0 Å². The van der Waals surface area contributed by atoms with Gasteiger partial charge in [0.05, 0.1) is 6.54 Å². The quantitative estimate of drug-likeness (QED) is 0.747. The molecule has 17 heavy (non-hydrogen) atoms. The first-order valence-electron chi connectivity index (χ1n) is 5.86. The Morgan fingerprint density at radius 3 is 3.00 bits per heavy atom. The van der Waals surface area contributed by atoms with Crippen LogP contribution in [0.1, 0.15) is 37.4 Å². The maximum atomic E-state index is 11.9. The van der Waals surface area contributed by atoms with Crippen molar-refractivity contribution in [3.8, 4) is 0 Å². The first kappa shape index (κ1) is 11.8. The van der Waals surface area contributed by atoms with E-state index < -0.39 is 0 Å². The number of aryl methyl sites for hydroxylation is 1. The van der Waals surface area contributed by atoms with Gasteiger partial charge < -0.3 is 9.42 Å². The predicted molar refractivity (Wildman–Crippen MR) is 62.1 cm³/mol. The molecule has 0 unspecified atom stereocenters. The van der Waals surface area contributed by atoms with Crippen LogP contribution in [0.25, 0.3) is 0 Å². The van der Waals surface area contributed by atoms with E-state index >= 15 is 0 Å². The smallest absolute Gasteiger partial charge is 0.246 e. The fourth-order valence-corrected chi connectivity index (χ4v) is 1.92. The summed E-state index contributed by atoms with van der Waals surface area (Å²) in [5, 5.41) is 3.70. The normalized spacial score (nSPS) is 14.8. The number of nitrogens with zero attached hydrogens (tertiary/aromatic N) is 3. The first-order chi connectivity index (χ1) is 8.15. The lowest BCUT2D eigenvalue weighted by Gasteiger charge is -2.14. The molecule has 0 radical (unpaired) electrons. The third kappa shape index (κ3) is 3.15. The Labute approximate surface area is 100 Å². The van der Waals surface area contributed by atoms with Crippen LogP contribution in [0.15, 0.2) is 16.2 Å². The highest BCUT2D eigenvalue weighted by molar-refractivity contribution is 5.78. The second kappa shape index (κ2) is 5.12. The van der Waals surface area contributed by atoms with Crippen molar-refractivity contribution in [3.05, 3.63) is 23.4 Å². The van der Waals surface area contributed by atoms with Crippen LogP contribution in [-0.2, 0) is 11.3 Å². The summed E-state index contributed by atoms with van der Waals surface area (Å²) in [6.07, 6.45) is 6.02. The molecule has 0 saturated heterocycles. The molecule has 1 amide bonds. The number of hydrogen-bond acceptors (Lipinski definition) is 4. The summed E-state index contributed by atoms with van der Waals surface area (Å²) in [7, 11) is 1.76. The van der Waals surface area contributed by atoms with E-state index in [1.165, 1.54) is 12.0 Å². The highest BCUT2D eigenvalue weighted by atomic mass is 16.5. The monoisotopic (exact) mass is 235 g/mol. The summed E-state index contributed by atoms with van der Waals surface area (Å²) < 4.78 is 4.99. The fourth-order valence-electron chi connectivity index (χ4n) is 1.92. The lowest BCUT2D eigenvalue weighted by Crippen LogP contribution is -2.26. The molecule has 2 rings (SSSR count). The summed E-state index contributed by atoms with van der Waals surface area (Å²) in [5.74, 6) is 1.19. The van der Waals surface area contributed by atoms with Crippen molar-refractivity contribution in [1.82, 2.24) is 15.0 Å². The van der Waals surface area contributed by atoms with E-state index in [0.29, 0.717) is 24.7 Å². The van der Waals surface area contributed by atoms with Gasteiger partial charge in [-0.3, -0.25) is 4.79 Å². The molecule has 1 aliphatic rings. The largest absolute Gasteiger partial charge is 0.337 e. The van der Waals surface area contributed by atoms with Crippen LogP contribution in [0, 0.1) is 6.92 Å². The van der Waals surface area contributed by atoms with E-state index in [2.05, 4.69) is 16.2 Å². The molecule has 0 atom stereocenters. The van der Waals surface area contributed by atoms with Crippen LogP contribution in [-0.4, -0.2) is 28.0 Å². The van der Waals surface area contributed by atoms with E-state index in [1.54, 1.807) is 18.9 Å². The van der Waals surface area contributed by atoms with E-state index in [4.69, 9.17) is 4.52 Å². The van der Waals surface area contributed by atoms with Gasteiger partial charge in [0, 0.05) is 13.5 Å². The molecule has 0 N–H and O–H groups in total. The molecular formula is C12H17N3O2. The van der Waals surface area contributed by atoms with Crippen LogP contribution in [0.2, 0.25) is 0 Å². The molecule has 0 fully saturated rings. The SMILES string of the molecule is Cc1noc(CN(C)C(=O)CC2=CCCC2)n1. The second-order valence-corrected chi connectivity index (χ2v) is 4.42. The van der Waals surface area contributed by atoms with Crippen molar-refractivity contribution >= 4 is 5.91 Å². The van der Waals surface area contributed by atoms with Gasteiger partial charge in [-0.1, -0.05) is 16.8 Å². The van der Waals surface area contributed by atoms with Crippen LogP contribution < -0.4 is 0 Å². The number of aromatic nitrogens is 2. The lowest BCUT2D eigenvalue weighted by atomic mass is 10.1. The predicted octanol–water partition coefficient (Wildman–Crippen LogP) is 1.84. The number of allylic oxidation sites excluding steroid dienone is 1. The number of amides is 1. The van der Waals surface area contributed by atoms with E-state index in [1.807, 2.05) is 0 Å². The van der Waals surface area contributed by atoms with Gasteiger partial charge in [-0.25, -0.2) is 0 Å². The number of rotatable bonds is 4. The molecule has 0 aliphatic heterocycles. The van der Waals surface area contributed by atoms with Crippen LogP contribution >= 0.6 is 0 Å². The Kier molecular flexibility index (Phi) is 3.56. The molecule has 0 saturated carbocycles. The van der Waals surface area contributed by atoms with E-state index in [-0.39, 0.29) is 5.91 Å². The minimum Gasteiger partial charge on any atom is -0.337 e. The Morgan fingerprint density at radius 1 is 1.59 bits per heavy atom. The Balaban J connectivity index is 1.86. The Morgan fingerprint density at radius 2 is 2.41 bits per heavy atom. The molecule has 5 heteroatoms. The van der Waals surface area contributed by atoms with Crippen molar-refractivity contribution in [2.75, 3.05) is 7.05 Å². The summed E-state index contributed by atoms with van der Waals surface area (Å²) in [5.41, 5.74) is 1.25.